The Kier molecular flexibility index (Phi) is 7.55. The van der Waals surface area contributed by atoms with Crippen molar-refractivity contribution in [3.05, 3.63) is 0 Å². The zero-order chi connectivity index (χ0) is 13.4. The molecule has 0 bridgehead atoms. The third-order valence-electron chi connectivity index (χ3n) is 3.14. The molecule has 0 aliphatic carbocycles. The van der Waals surface area contributed by atoms with Gasteiger partial charge in [0.05, 0.1) is 0 Å². The highest BCUT2D eigenvalue weighted by Crippen LogP contribution is 2.17. The maximum atomic E-state index is 12.0. The Labute approximate surface area is 115 Å². The number of unbranched alkanes of at least 4 members (excludes halogenated alkanes) is 1. The Morgan fingerprint density at radius 3 is 2.89 bits per heavy atom. The van der Waals surface area contributed by atoms with Crippen molar-refractivity contribution in [3.63, 3.8) is 0 Å². The molecule has 7 heteroatoms. The summed E-state index contributed by atoms with van der Waals surface area (Å²) in [6.07, 6.45) is 5.70. The Bertz CT molecular complexity index is 322. The van der Waals surface area contributed by atoms with Crippen molar-refractivity contribution in [2.45, 2.75) is 25.7 Å². The Hall–Kier alpha value is 0.180. The number of thioether (sulfide) groups is 1. The highest BCUT2D eigenvalue weighted by Gasteiger charge is 2.27. The van der Waals surface area contributed by atoms with Crippen molar-refractivity contribution in [2.75, 3.05) is 38.2 Å². The number of hydrogen-bond acceptors (Lipinski definition) is 4. The summed E-state index contributed by atoms with van der Waals surface area (Å²) in [5, 5.41) is 9.10. The Morgan fingerprint density at radius 2 is 2.22 bits per heavy atom. The van der Waals surface area contributed by atoms with Crippen LogP contribution in [0.15, 0.2) is 0 Å². The molecule has 2 N–H and O–H groups in total. The van der Waals surface area contributed by atoms with Gasteiger partial charge in [0, 0.05) is 26.2 Å². The van der Waals surface area contributed by atoms with E-state index in [0.717, 1.165) is 31.4 Å². The number of aliphatic hydroxyl groups excluding tert-OH is 1. The first-order valence-electron chi connectivity index (χ1n) is 6.44. The molecule has 0 radical (unpaired) electrons. The minimum atomic E-state index is -3.35. The van der Waals surface area contributed by atoms with Crippen LogP contribution in [0.1, 0.15) is 25.7 Å². The van der Waals surface area contributed by atoms with Gasteiger partial charge >= 0.3 is 0 Å². The fourth-order valence-corrected chi connectivity index (χ4v) is 3.91. The molecule has 0 saturated carbocycles. The first kappa shape index (κ1) is 16.2. The minimum Gasteiger partial charge on any atom is -0.396 e. The maximum absolute atomic E-state index is 12.0. The molecule has 1 aliphatic rings. The number of rotatable bonds is 8. The van der Waals surface area contributed by atoms with E-state index in [0.29, 0.717) is 19.6 Å². The van der Waals surface area contributed by atoms with E-state index in [1.165, 1.54) is 4.31 Å². The van der Waals surface area contributed by atoms with Crippen LogP contribution in [0.3, 0.4) is 0 Å². The molecule has 0 amide bonds. The van der Waals surface area contributed by atoms with Gasteiger partial charge in [-0.3, -0.25) is 0 Å². The van der Waals surface area contributed by atoms with Crippen LogP contribution in [-0.2, 0) is 10.2 Å². The highest BCUT2D eigenvalue weighted by atomic mass is 32.2. The van der Waals surface area contributed by atoms with E-state index in [9.17, 15) is 8.42 Å². The van der Waals surface area contributed by atoms with Crippen molar-refractivity contribution < 1.29 is 13.5 Å². The molecule has 1 atom stereocenters. The summed E-state index contributed by atoms with van der Waals surface area (Å²) in [5.41, 5.74) is 0. The minimum absolute atomic E-state index is 0.0692. The van der Waals surface area contributed by atoms with Crippen LogP contribution < -0.4 is 4.72 Å². The summed E-state index contributed by atoms with van der Waals surface area (Å²) in [5.74, 6) is 1.16. The third kappa shape index (κ3) is 5.44. The molecule has 1 aliphatic heterocycles. The summed E-state index contributed by atoms with van der Waals surface area (Å²) in [6, 6.07) is 0. The molecule has 0 aromatic carbocycles. The van der Waals surface area contributed by atoms with Gasteiger partial charge in [-0.2, -0.15) is 24.5 Å². The molecule has 0 spiro atoms. The second-order valence-corrected chi connectivity index (χ2v) is 7.39. The summed E-state index contributed by atoms with van der Waals surface area (Å²) < 4.78 is 28.1. The number of hydrogen-bond donors (Lipinski definition) is 2. The maximum Gasteiger partial charge on any atom is 0.279 e. The molecule has 1 rings (SSSR count). The van der Waals surface area contributed by atoms with Gasteiger partial charge in [-0.1, -0.05) is 0 Å². The van der Waals surface area contributed by atoms with E-state index in [2.05, 4.69) is 4.72 Å². The quantitative estimate of drug-likeness (QED) is 0.646. The van der Waals surface area contributed by atoms with Crippen LogP contribution in [-0.4, -0.2) is 56.1 Å². The number of piperidine rings is 1. The predicted octanol–water partition coefficient (Wildman–Crippen LogP) is 0.668. The zero-order valence-electron chi connectivity index (χ0n) is 11.0. The SMILES string of the molecule is CSCCCCNS(=O)(=O)N1CCCC(CO)C1. The van der Waals surface area contributed by atoms with Gasteiger partial charge in [0.2, 0.25) is 0 Å². The Balaban J connectivity index is 2.33. The van der Waals surface area contributed by atoms with Gasteiger partial charge in [0.25, 0.3) is 10.2 Å². The van der Waals surface area contributed by atoms with Gasteiger partial charge in [0.15, 0.2) is 0 Å². The van der Waals surface area contributed by atoms with Crippen molar-refractivity contribution in [1.82, 2.24) is 9.03 Å². The van der Waals surface area contributed by atoms with Gasteiger partial charge in [-0.05, 0) is 43.6 Å². The van der Waals surface area contributed by atoms with Gasteiger partial charge < -0.3 is 5.11 Å². The largest absolute Gasteiger partial charge is 0.396 e. The van der Waals surface area contributed by atoms with Crippen LogP contribution in [0.4, 0.5) is 0 Å². The van der Waals surface area contributed by atoms with E-state index in [1.807, 2.05) is 6.26 Å². The summed E-state index contributed by atoms with van der Waals surface area (Å²) in [7, 11) is -3.35. The lowest BCUT2D eigenvalue weighted by Crippen LogP contribution is -2.46. The molecular weight excluding hydrogens is 272 g/mol. The molecule has 18 heavy (non-hydrogen) atoms. The fourth-order valence-electron chi connectivity index (χ4n) is 2.06. The number of aliphatic hydroxyl groups is 1. The molecule has 1 fully saturated rings. The second kappa shape index (κ2) is 8.37. The van der Waals surface area contributed by atoms with Crippen molar-refractivity contribution >= 4 is 22.0 Å². The first-order chi connectivity index (χ1) is 8.60. The average molecular weight is 296 g/mol. The summed E-state index contributed by atoms with van der Waals surface area (Å²) >= 11 is 1.78. The lowest BCUT2D eigenvalue weighted by Gasteiger charge is -2.30. The third-order valence-corrected chi connectivity index (χ3v) is 5.42. The topological polar surface area (TPSA) is 69.6 Å². The van der Waals surface area contributed by atoms with E-state index in [1.54, 1.807) is 11.8 Å². The van der Waals surface area contributed by atoms with Crippen LogP contribution in [0, 0.1) is 5.92 Å². The normalized spacial score (nSPS) is 22.2. The number of nitrogens with zero attached hydrogens (tertiary/aromatic N) is 1. The predicted molar refractivity (Wildman–Crippen MR) is 75.9 cm³/mol. The monoisotopic (exact) mass is 296 g/mol. The zero-order valence-corrected chi connectivity index (χ0v) is 12.6. The highest BCUT2D eigenvalue weighted by molar-refractivity contribution is 7.98. The smallest absolute Gasteiger partial charge is 0.279 e. The Morgan fingerprint density at radius 1 is 1.44 bits per heavy atom. The standard InChI is InChI=1S/C11H24N2O3S2/c1-17-8-3-2-6-12-18(15,16)13-7-4-5-11(9-13)10-14/h11-12,14H,2-10H2,1H3. The fraction of sp³-hybridized carbons (Fsp3) is 1.00. The van der Waals surface area contributed by atoms with Crippen LogP contribution >= 0.6 is 11.8 Å². The molecule has 0 aromatic rings. The summed E-state index contributed by atoms with van der Waals surface area (Å²) in [4.78, 5) is 0. The lowest BCUT2D eigenvalue weighted by molar-refractivity contribution is 0.165. The van der Waals surface area contributed by atoms with Crippen LogP contribution in [0.2, 0.25) is 0 Å². The van der Waals surface area contributed by atoms with Crippen molar-refractivity contribution in [3.8, 4) is 0 Å². The van der Waals surface area contributed by atoms with E-state index >= 15 is 0 Å². The molecule has 0 aromatic heterocycles. The average Bonchev–Trinajstić information content (AvgIpc) is 2.38. The van der Waals surface area contributed by atoms with E-state index < -0.39 is 10.2 Å². The van der Waals surface area contributed by atoms with Gasteiger partial charge in [-0.25, -0.2) is 4.72 Å². The van der Waals surface area contributed by atoms with E-state index in [4.69, 9.17) is 5.11 Å². The van der Waals surface area contributed by atoms with Gasteiger partial charge in [-0.15, -0.1) is 0 Å². The lowest BCUT2D eigenvalue weighted by atomic mass is 10.0. The van der Waals surface area contributed by atoms with E-state index in [-0.39, 0.29) is 12.5 Å². The summed E-state index contributed by atoms with van der Waals surface area (Å²) in [6.45, 7) is 1.58. The number of nitrogens with one attached hydrogen (secondary N) is 1. The van der Waals surface area contributed by atoms with Crippen molar-refractivity contribution in [2.24, 2.45) is 5.92 Å². The molecular formula is C11H24N2O3S2. The first-order valence-corrected chi connectivity index (χ1v) is 9.28. The molecule has 108 valence electrons. The second-order valence-electron chi connectivity index (χ2n) is 4.65. The molecule has 1 unspecified atom stereocenters. The van der Waals surface area contributed by atoms with Crippen LogP contribution in [0.5, 0.6) is 0 Å². The molecule has 5 nitrogen and oxygen atoms in total. The van der Waals surface area contributed by atoms with Crippen LogP contribution in [0.25, 0.3) is 0 Å². The molecule has 1 saturated heterocycles. The van der Waals surface area contributed by atoms with Gasteiger partial charge in [0.1, 0.15) is 0 Å². The molecule has 1 heterocycles. The van der Waals surface area contributed by atoms with Crippen molar-refractivity contribution in [1.29, 1.82) is 0 Å².